The first-order chi connectivity index (χ1) is 10.1. The molecule has 0 aromatic rings. The largest absolute Gasteiger partial charge is 0.466 e. The summed E-state index contributed by atoms with van der Waals surface area (Å²) < 4.78 is 15.6. The van der Waals surface area contributed by atoms with Gasteiger partial charge in [0.2, 0.25) is 6.29 Å². The van der Waals surface area contributed by atoms with E-state index >= 15 is 0 Å². The minimum Gasteiger partial charge on any atom is -0.466 e. The number of amides is 1. The van der Waals surface area contributed by atoms with Crippen molar-refractivity contribution >= 4 is 12.1 Å². The van der Waals surface area contributed by atoms with Crippen LogP contribution in [-0.2, 0) is 19.0 Å². The van der Waals surface area contributed by atoms with E-state index in [2.05, 4.69) is 18.8 Å². The lowest BCUT2D eigenvalue weighted by Crippen LogP contribution is -2.41. The first-order valence-electron chi connectivity index (χ1n) is 7.07. The Morgan fingerprint density at radius 1 is 1.52 bits per heavy atom. The summed E-state index contributed by atoms with van der Waals surface area (Å²) in [6, 6.07) is 0. The highest BCUT2D eigenvalue weighted by Crippen LogP contribution is 2.46. The summed E-state index contributed by atoms with van der Waals surface area (Å²) in [5, 5.41) is 2.55. The van der Waals surface area contributed by atoms with E-state index in [4.69, 9.17) is 14.2 Å². The molecule has 1 heterocycles. The fourth-order valence-corrected chi connectivity index (χ4v) is 3.09. The number of fused-ring (bicyclic) bond motifs is 1. The van der Waals surface area contributed by atoms with Crippen LogP contribution in [0, 0.1) is 17.8 Å². The van der Waals surface area contributed by atoms with E-state index in [-0.39, 0.29) is 17.8 Å². The Bertz CT molecular complexity index is 459. The van der Waals surface area contributed by atoms with Crippen LogP contribution in [0.2, 0.25) is 0 Å². The number of rotatable bonds is 4. The molecule has 6 heteroatoms. The second kappa shape index (κ2) is 6.65. The van der Waals surface area contributed by atoms with Crippen LogP contribution in [0.15, 0.2) is 24.5 Å². The van der Waals surface area contributed by atoms with Crippen molar-refractivity contribution in [3.63, 3.8) is 0 Å². The summed E-state index contributed by atoms with van der Waals surface area (Å²) in [7, 11) is 1.35. The summed E-state index contributed by atoms with van der Waals surface area (Å²) in [6.07, 6.45) is 3.54. The van der Waals surface area contributed by atoms with Crippen LogP contribution in [0.1, 0.15) is 19.8 Å². The highest BCUT2D eigenvalue weighted by atomic mass is 16.7. The highest BCUT2D eigenvalue weighted by Gasteiger charge is 2.47. The lowest BCUT2D eigenvalue weighted by atomic mass is 9.83. The maximum absolute atomic E-state index is 11.8. The quantitative estimate of drug-likeness (QED) is 0.634. The number of nitrogens with one attached hydrogen (secondary N) is 1. The van der Waals surface area contributed by atoms with Gasteiger partial charge in [-0.05, 0) is 18.8 Å². The maximum Gasteiger partial charge on any atom is 0.410 e. The molecule has 0 spiro atoms. The zero-order valence-electron chi connectivity index (χ0n) is 12.3. The minimum atomic E-state index is -0.675. The summed E-state index contributed by atoms with van der Waals surface area (Å²) in [6.45, 7) is 5.93. The monoisotopic (exact) mass is 295 g/mol. The Balaban J connectivity index is 2.10. The average molecular weight is 295 g/mol. The predicted molar refractivity (Wildman–Crippen MR) is 75.0 cm³/mol. The van der Waals surface area contributed by atoms with Crippen molar-refractivity contribution in [3.8, 4) is 0 Å². The SMILES string of the molecule is C=CCNC(=O)OC1OC=C(C(=O)OC)C2CCC(C)C12. The number of hydrogen-bond donors (Lipinski definition) is 1. The van der Waals surface area contributed by atoms with Crippen molar-refractivity contribution in [1.82, 2.24) is 5.32 Å². The molecule has 0 radical (unpaired) electrons. The molecule has 0 bridgehead atoms. The van der Waals surface area contributed by atoms with E-state index in [1.165, 1.54) is 13.4 Å². The molecule has 4 unspecified atom stereocenters. The van der Waals surface area contributed by atoms with Gasteiger partial charge in [0.1, 0.15) is 0 Å². The van der Waals surface area contributed by atoms with Gasteiger partial charge >= 0.3 is 12.1 Å². The van der Waals surface area contributed by atoms with Crippen LogP contribution in [-0.4, -0.2) is 32.0 Å². The van der Waals surface area contributed by atoms with E-state index in [0.29, 0.717) is 18.0 Å². The van der Waals surface area contributed by atoms with Gasteiger partial charge in [-0.25, -0.2) is 9.59 Å². The van der Waals surface area contributed by atoms with Gasteiger partial charge in [0.25, 0.3) is 0 Å². The van der Waals surface area contributed by atoms with E-state index in [0.717, 1.165) is 12.8 Å². The number of carbonyl (C=O) groups excluding carboxylic acids is 2. The Labute approximate surface area is 124 Å². The number of carbonyl (C=O) groups is 2. The lowest BCUT2D eigenvalue weighted by molar-refractivity contribution is -0.145. The van der Waals surface area contributed by atoms with Gasteiger partial charge in [-0.3, -0.25) is 0 Å². The van der Waals surface area contributed by atoms with Crippen molar-refractivity contribution in [2.75, 3.05) is 13.7 Å². The van der Waals surface area contributed by atoms with Crippen molar-refractivity contribution in [1.29, 1.82) is 0 Å². The molecular formula is C15H21NO5. The van der Waals surface area contributed by atoms with Gasteiger partial charge in [0.15, 0.2) is 0 Å². The van der Waals surface area contributed by atoms with E-state index in [1.54, 1.807) is 6.08 Å². The van der Waals surface area contributed by atoms with E-state index in [9.17, 15) is 9.59 Å². The summed E-state index contributed by atoms with van der Waals surface area (Å²) >= 11 is 0. The van der Waals surface area contributed by atoms with Gasteiger partial charge in [0.05, 0.1) is 18.9 Å². The third-order valence-corrected chi connectivity index (χ3v) is 4.13. The Hall–Kier alpha value is -1.98. The smallest absolute Gasteiger partial charge is 0.410 e. The number of esters is 1. The highest BCUT2D eigenvalue weighted by molar-refractivity contribution is 5.89. The van der Waals surface area contributed by atoms with Crippen molar-refractivity contribution in [2.24, 2.45) is 17.8 Å². The fraction of sp³-hybridized carbons (Fsp3) is 0.600. The molecule has 1 saturated carbocycles. The normalized spacial score (nSPS) is 30.5. The molecule has 1 fully saturated rings. The molecule has 1 amide bonds. The molecule has 4 atom stereocenters. The number of hydrogen-bond acceptors (Lipinski definition) is 5. The van der Waals surface area contributed by atoms with Gasteiger partial charge in [-0.2, -0.15) is 0 Å². The Kier molecular flexibility index (Phi) is 4.88. The third-order valence-electron chi connectivity index (χ3n) is 4.13. The molecule has 0 aromatic carbocycles. The van der Waals surface area contributed by atoms with Gasteiger partial charge < -0.3 is 19.5 Å². The second-order valence-corrected chi connectivity index (χ2v) is 5.38. The molecule has 0 aromatic heterocycles. The summed E-state index contributed by atoms with van der Waals surface area (Å²) in [4.78, 5) is 23.4. The van der Waals surface area contributed by atoms with Gasteiger partial charge in [-0.15, -0.1) is 6.58 Å². The minimum absolute atomic E-state index is 0.0124. The number of ether oxygens (including phenoxy) is 3. The first kappa shape index (κ1) is 15.4. The zero-order valence-corrected chi connectivity index (χ0v) is 12.3. The third kappa shape index (κ3) is 3.20. The van der Waals surface area contributed by atoms with Crippen LogP contribution in [0.25, 0.3) is 0 Å². The molecule has 2 rings (SSSR count). The zero-order chi connectivity index (χ0) is 15.4. The maximum atomic E-state index is 11.8. The van der Waals surface area contributed by atoms with E-state index in [1.807, 2.05) is 0 Å². The van der Waals surface area contributed by atoms with Gasteiger partial charge in [0, 0.05) is 18.4 Å². The summed E-state index contributed by atoms with van der Waals surface area (Å²) in [5.41, 5.74) is 0.526. The molecule has 1 aliphatic carbocycles. The topological polar surface area (TPSA) is 73.9 Å². The first-order valence-corrected chi connectivity index (χ1v) is 7.07. The molecule has 2 aliphatic rings. The van der Waals surface area contributed by atoms with Crippen LogP contribution in [0.3, 0.4) is 0 Å². The van der Waals surface area contributed by atoms with Crippen molar-refractivity contribution in [2.45, 2.75) is 26.1 Å². The number of alkyl carbamates (subject to hydrolysis) is 1. The number of methoxy groups -OCH3 is 1. The molecule has 21 heavy (non-hydrogen) atoms. The molecule has 6 nitrogen and oxygen atoms in total. The Morgan fingerprint density at radius 3 is 2.95 bits per heavy atom. The predicted octanol–water partition coefficient (Wildman–Crippen LogP) is 1.97. The standard InChI is InChI=1S/C15H21NO5/c1-4-7-16-15(18)21-14-12-9(2)5-6-10(12)11(8-20-14)13(17)19-3/h4,8-10,12,14H,1,5-7H2,2-3H3,(H,16,18). The molecule has 1 N–H and O–H groups in total. The molecular weight excluding hydrogens is 274 g/mol. The Morgan fingerprint density at radius 2 is 2.29 bits per heavy atom. The van der Waals surface area contributed by atoms with Crippen molar-refractivity contribution < 1.29 is 23.8 Å². The van der Waals surface area contributed by atoms with Crippen LogP contribution in [0.5, 0.6) is 0 Å². The van der Waals surface area contributed by atoms with Crippen molar-refractivity contribution in [3.05, 3.63) is 24.5 Å². The fourth-order valence-electron chi connectivity index (χ4n) is 3.09. The average Bonchev–Trinajstić information content (AvgIpc) is 2.87. The van der Waals surface area contributed by atoms with E-state index < -0.39 is 12.4 Å². The van der Waals surface area contributed by atoms with Crippen LogP contribution in [0.4, 0.5) is 4.79 Å². The van der Waals surface area contributed by atoms with Gasteiger partial charge in [-0.1, -0.05) is 13.0 Å². The van der Waals surface area contributed by atoms with Crippen LogP contribution >= 0.6 is 0 Å². The molecule has 1 aliphatic heterocycles. The van der Waals surface area contributed by atoms with Crippen LogP contribution < -0.4 is 5.32 Å². The molecule has 0 saturated heterocycles. The summed E-state index contributed by atoms with van der Waals surface area (Å²) in [5.74, 6) is -0.0915. The second-order valence-electron chi connectivity index (χ2n) is 5.38. The lowest BCUT2D eigenvalue weighted by Gasteiger charge is -2.34. The molecule has 116 valence electrons.